The summed E-state index contributed by atoms with van der Waals surface area (Å²) < 4.78 is 13.0. The first-order valence-electron chi connectivity index (χ1n) is 7.55. The second-order valence-electron chi connectivity index (χ2n) is 5.95. The molecule has 0 bridgehead atoms. The molecule has 0 unspecified atom stereocenters. The van der Waals surface area contributed by atoms with Gasteiger partial charge in [-0.2, -0.15) is 0 Å². The molecule has 22 heavy (non-hydrogen) atoms. The first-order chi connectivity index (χ1) is 10.5. The molecule has 1 aliphatic carbocycles. The third-order valence-electron chi connectivity index (χ3n) is 3.54. The van der Waals surface area contributed by atoms with Crippen molar-refractivity contribution in [2.24, 2.45) is 5.92 Å². The van der Waals surface area contributed by atoms with Crippen LogP contribution in [-0.2, 0) is 4.79 Å². The van der Waals surface area contributed by atoms with Crippen molar-refractivity contribution in [1.29, 1.82) is 0 Å². The molecule has 0 radical (unpaired) electrons. The van der Waals surface area contributed by atoms with E-state index in [4.69, 9.17) is 0 Å². The lowest BCUT2D eigenvalue weighted by molar-refractivity contribution is -0.119. The van der Waals surface area contributed by atoms with Crippen LogP contribution in [0.15, 0.2) is 24.3 Å². The third-order valence-corrected chi connectivity index (χ3v) is 3.54. The van der Waals surface area contributed by atoms with Crippen LogP contribution < -0.4 is 16.0 Å². The van der Waals surface area contributed by atoms with Crippen molar-refractivity contribution in [2.75, 3.05) is 6.54 Å². The fourth-order valence-corrected chi connectivity index (χ4v) is 2.23. The number of hydrogen-bond donors (Lipinski definition) is 3. The molecule has 1 aromatic carbocycles. The van der Waals surface area contributed by atoms with Gasteiger partial charge < -0.3 is 10.6 Å². The van der Waals surface area contributed by atoms with E-state index in [2.05, 4.69) is 16.0 Å². The van der Waals surface area contributed by atoms with E-state index in [0.29, 0.717) is 0 Å². The van der Waals surface area contributed by atoms with Crippen molar-refractivity contribution in [3.05, 3.63) is 35.6 Å². The third kappa shape index (κ3) is 5.11. The Labute approximate surface area is 129 Å². The Morgan fingerprint density at radius 2 is 1.86 bits per heavy atom. The molecule has 2 rings (SSSR count). The summed E-state index contributed by atoms with van der Waals surface area (Å²) in [7, 11) is 0. The fourth-order valence-electron chi connectivity index (χ4n) is 2.23. The van der Waals surface area contributed by atoms with Crippen LogP contribution in [0.5, 0.6) is 0 Å². The highest BCUT2D eigenvalue weighted by molar-refractivity contribution is 5.95. The molecule has 1 aromatic rings. The smallest absolute Gasteiger partial charge is 0.321 e. The van der Waals surface area contributed by atoms with E-state index >= 15 is 0 Å². The van der Waals surface area contributed by atoms with Crippen molar-refractivity contribution in [3.8, 4) is 0 Å². The Hall–Kier alpha value is -1.95. The van der Waals surface area contributed by atoms with Gasteiger partial charge in [0.15, 0.2) is 0 Å². The van der Waals surface area contributed by atoms with E-state index in [1.54, 1.807) is 12.1 Å². The van der Waals surface area contributed by atoms with Crippen molar-refractivity contribution < 1.29 is 14.0 Å². The first-order valence-corrected chi connectivity index (χ1v) is 7.55. The predicted molar refractivity (Wildman–Crippen MR) is 81.7 cm³/mol. The number of rotatable bonds is 6. The van der Waals surface area contributed by atoms with E-state index in [1.807, 2.05) is 13.8 Å². The summed E-state index contributed by atoms with van der Waals surface area (Å²) in [5.74, 6) is -0.454. The van der Waals surface area contributed by atoms with Gasteiger partial charge in [-0.3, -0.25) is 10.1 Å². The molecule has 3 amide bonds. The molecule has 0 saturated heterocycles. The molecular weight excluding hydrogens is 285 g/mol. The lowest BCUT2D eigenvalue weighted by Crippen LogP contribution is -2.45. The molecule has 1 atom stereocenters. The van der Waals surface area contributed by atoms with Gasteiger partial charge in [-0.05, 0) is 36.5 Å². The molecule has 120 valence electrons. The molecule has 1 fully saturated rings. The van der Waals surface area contributed by atoms with Crippen molar-refractivity contribution >= 4 is 11.9 Å². The van der Waals surface area contributed by atoms with E-state index in [0.717, 1.165) is 18.4 Å². The quantitative estimate of drug-likeness (QED) is 0.754. The van der Waals surface area contributed by atoms with Gasteiger partial charge in [0.05, 0.1) is 6.54 Å². The van der Waals surface area contributed by atoms with Crippen LogP contribution in [0.25, 0.3) is 0 Å². The van der Waals surface area contributed by atoms with E-state index < -0.39 is 6.03 Å². The largest absolute Gasteiger partial charge is 0.335 e. The highest BCUT2D eigenvalue weighted by Gasteiger charge is 2.24. The minimum Gasteiger partial charge on any atom is -0.335 e. The standard InChI is InChI=1S/C16H22FN3O2/c1-10(2)15(11-3-5-12(17)6-4-11)18-9-14(21)20-16(22)19-13-7-8-13/h3-6,10,13,15,18H,7-9H2,1-2H3,(H2,19,20,21,22)/t15-/m1/s1. The first kappa shape index (κ1) is 16.4. The van der Waals surface area contributed by atoms with Crippen LogP contribution in [0.2, 0.25) is 0 Å². The summed E-state index contributed by atoms with van der Waals surface area (Å²) in [5, 5.41) is 8.10. The minimum absolute atomic E-state index is 0.0261. The zero-order chi connectivity index (χ0) is 16.1. The molecule has 3 N–H and O–H groups in total. The Morgan fingerprint density at radius 1 is 1.23 bits per heavy atom. The molecule has 0 spiro atoms. The number of amides is 3. The lowest BCUT2D eigenvalue weighted by atomic mass is 9.96. The maximum absolute atomic E-state index is 13.0. The molecule has 0 aromatic heterocycles. The highest BCUT2D eigenvalue weighted by Crippen LogP contribution is 2.21. The molecule has 5 nitrogen and oxygen atoms in total. The summed E-state index contributed by atoms with van der Waals surface area (Å²) in [6.45, 7) is 4.05. The van der Waals surface area contributed by atoms with E-state index in [1.165, 1.54) is 12.1 Å². The Bertz CT molecular complexity index is 527. The van der Waals surface area contributed by atoms with Crippen molar-refractivity contribution in [1.82, 2.24) is 16.0 Å². The zero-order valence-electron chi connectivity index (χ0n) is 12.9. The van der Waals surface area contributed by atoms with Crippen LogP contribution >= 0.6 is 0 Å². The molecule has 6 heteroatoms. The number of carbonyl (C=O) groups is 2. The number of halogens is 1. The van der Waals surface area contributed by atoms with E-state index in [-0.39, 0.29) is 36.3 Å². The van der Waals surface area contributed by atoms with Crippen LogP contribution in [-0.4, -0.2) is 24.5 Å². The molecular formula is C16H22FN3O2. The topological polar surface area (TPSA) is 70.2 Å². The van der Waals surface area contributed by atoms with Gasteiger partial charge in [0.2, 0.25) is 5.91 Å². The summed E-state index contributed by atoms with van der Waals surface area (Å²) >= 11 is 0. The molecule has 0 aliphatic heterocycles. The SMILES string of the molecule is CC(C)[C@@H](NCC(=O)NC(=O)NC1CC1)c1ccc(F)cc1. The second kappa shape index (κ2) is 7.35. The second-order valence-corrected chi connectivity index (χ2v) is 5.95. The summed E-state index contributed by atoms with van der Waals surface area (Å²) in [6.07, 6.45) is 1.94. The number of hydrogen-bond acceptors (Lipinski definition) is 3. The lowest BCUT2D eigenvalue weighted by Gasteiger charge is -2.22. The molecule has 0 heterocycles. The number of carbonyl (C=O) groups excluding carboxylic acids is 2. The highest BCUT2D eigenvalue weighted by atomic mass is 19.1. The van der Waals surface area contributed by atoms with Crippen molar-refractivity contribution in [3.63, 3.8) is 0 Å². The van der Waals surface area contributed by atoms with Crippen LogP contribution in [0.4, 0.5) is 9.18 Å². The van der Waals surface area contributed by atoms with Crippen molar-refractivity contribution in [2.45, 2.75) is 38.8 Å². The van der Waals surface area contributed by atoms with Gasteiger partial charge in [-0.1, -0.05) is 26.0 Å². The average Bonchev–Trinajstić information content (AvgIpc) is 3.24. The summed E-state index contributed by atoms with van der Waals surface area (Å²) in [5.41, 5.74) is 0.909. The number of imide groups is 1. The van der Waals surface area contributed by atoms with Gasteiger partial charge in [-0.25, -0.2) is 9.18 Å². The summed E-state index contributed by atoms with van der Waals surface area (Å²) in [4.78, 5) is 23.3. The monoisotopic (exact) mass is 307 g/mol. The van der Waals surface area contributed by atoms with Crippen LogP contribution in [0.3, 0.4) is 0 Å². The van der Waals surface area contributed by atoms with E-state index in [9.17, 15) is 14.0 Å². The zero-order valence-corrected chi connectivity index (χ0v) is 12.9. The predicted octanol–water partition coefficient (Wildman–Crippen LogP) is 2.10. The number of benzene rings is 1. The maximum Gasteiger partial charge on any atom is 0.321 e. The average molecular weight is 307 g/mol. The Balaban J connectivity index is 1.84. The Morgan fingerprint density at radius 3 is 2.41 bits per heavy atom. The fraction of sp³-hybridized carbons (Fsp3) is 0.500. The summed E-state index contributed by atoms with van der Waals surface area (Å²) in [6, 6.07) is 5.87. The van der Waals surface area contributed by atoms with Gasteiger partial charge in [0.25, 0.3) is 0 Å². The normalized spacial score (nSPS) is 15.5. The van der Waals surface area contributed by atoms with Gasteiger partial charge in [0, 0.05) is 12.1 Å². The maximum atomic E-state index is 13.0. The van der Waals surface area contributed by atoms with Gasteiger partial charge in [-0.15, -0.1) is 0 Å². The van der Waals surface area contributed by atoms with Gasteiger partial charge >= 0.3 is 6.03 Å². The van der Waals surface area contributed by atoms with Crippen LogP contribution in [0.1, 0.15) is 38.3 Å². The minimum atomic E-state index is -0.447. The molecule has 1 aliphatic rings. The Kier molecular flexibility index (Phi) is 5.49. The molecule has 1 saturated carbocycles. The van der Waals surface area contributed by atoms with Gasteiger partial charge in [0.1, 0.15) is 5.82 Å². The van der Waals surface area contributed by atoms with Crippen LogP contribution in [0, 0.1) is 11.7 Å². The number of nitrogens with one attached hydrogen (secondary N) is 3. The number of urea groups is 1.